The number of hydrogen-bond acceptors (Lipinski definition) is 1. The van der Waals surface area contributed by atoms with E-state index in [2.05, 4.69) is 60.0 Å². The molecule has 1 saturated carbocycles. The molecule has 2 bridgehead atoms. The Labute approximate surface area is 102 Å². The van der Waals surface area contributed by atoms with E-state index in [-0.39, 0.29) is 5.54 Å². The summed E-state index contributed by atoms with van der Waals surface area (Å²) in [7, 11) is 0. The second-order valence-corrected chi connectivity index (χ2v) is 5.56. The molecule has 1 nitrogen and oxygen atoms in total. The van der Waals surface area contributed by atoms with E-state index in [1.165, 1.54) is 18.5 Å². The van der Waals surface area contributed by atoms with Crippen molar-refractivity contribution in [3.63, 3.8) is 0 Å². The fraction of sp³-hybridized carbons (Fsp3) is 0.375. The van der Waals surface area contributed by atoms with Gasteiger partial charge in [0.25, 0.3) is 0 Å². The van der Waals surface area contributed by atoms with E-state index in [0.717, 1.165) is 11.8 Å². The molecule has 4 atom stereocenters. The van der Waals surface area contributed by atoms with Crippen molar-refractivity contribution in [3.05, 3.63) is 54.6 Å². The third kappa shape index (κ3) is 1.20. The Hall–Kier alpha value is -1.50. The quantitative estimate of drug-likeness (QED) is 0.755. The van der Waals surface area contributed by atoms with Crippen LogP contribution in [0.15, 0.2) is 54.6 Å². The predicted octanol–water partition coefficient (Wildman–Crippen LogP) is 3.62. The van der Waals surface area contributed by atoms with Gasteiger partial charge < -0.3 is 5.32 Å². The zero-order valence-corrected chi connectivity index (χ0v) is 9.84. The van der Waals surface area contributed by atoms with Crippen LogP contribution in [0.5, 0.6) is 0 Å². The summed E-state index contributed by atoms with van der Waals surface area (Å²) >= 11 is 0. The van der Waals surface area contributed by atoms with E-state index in [1.807, 2.05) is 0 Å². The van der Waals surface area contributed by atoms with Crippen molar-refractivity contribution in [2.75, 3.05) is 5.32 Å². The van der Waals surface area contributed by atoms with E-state index in [9.17, 15) is 0 Å². The zero-order chi connectivity index (χ0) is 11.3. The minimum absolute atomic E-state index is 0.209. The molecule has 1 aromatic carbocycles. The Morgan fingerprint density at radius 2 is 2.00 bits per heavy atom. The lowest BCUT2D eigenvalue weighted by Gasteiger charge is -2.38. The summed E-state index contributed by atoms with van der Waals surface area (Å²) in [5, 5.41) is 3.81. The molecule has 0 spiro atoms. The minimum atomic E-state index is 0.209. The van der Waals surface area contributed by atoms with Crippen molar-refractivity contribution >= 4 is 5.69 Å². The van der Waals surface area contributed by atoms with Gasteiger partial charge in [-0.1, -0.05) is 42.5 Å². The largest absolute Gasteiger partial charge is 0.375 e. The highest BCUT2D eigenvalue weighted by Gasteiger charge is 2.55. The number of allylic oxidation sites excluding steroid dienone is 2. The minimum Gasteiger partial charge on any atom is -0.375 e. The average Bonchev–Trinajstić information content (AvgIpc) is 3.00. The molecule has 0 radical (unpaired) electrons. The Morgan fingerprint density at radius 1 is 1.12 bits per heavy atom. The van der Waals surface area contributed by atoms with E-state index in [4.69, 9.17) is 0 Å². The number of rotatable bonds is 2. The van der Waals surface area contributed by atoms with E-state index < -0.39 is 0 Å². The monoisotopic (exact) mass is 223 g/mol. The number of anilines is 1. The maximum Gasteiger partial charge on any atom is 0.0655 e. The van der Waals surface area contributed by atoms with E-state index in [1.54, 1.807) is 0 Å². The summed E-state index contributed by atoms with van der Waals surface area (Å²) in [4.78, 5) is 0. The van der Waals surface area contributed by atoms with Crippen LogP contribution in [0, 0.1) is 17.8 Å². The first-order valence-electron chi connectivity index (χ1n) is 6.58. The summed E-state index contributed by atoms with van der Waals surface area (Å²) in [5.74, 6) is 2.26. The van der Waals surface area contributed by atoms with Gasteiger partial charge >= 0.3 is 0 Å². The van der Waals surface area contributed by atoms with Crippen molar-refractivity contribution in [1.29, 1.82) is 0 Å². The smallest absolute Gasteiger partial charge is 0.0655 e. The summed E-state index contributed by atoms with van der Waals surface area (Å²) in [6.45, 7) is 0. The standard InChI is InChI=1S/C16H17N/c1-2-5-14(6-3-1)17-16-10-4-7-15(16)12-8-9-13(16)11-12/h1-6,8-10,12-13,15,17H,7,11H2. The molecule has 3 aliphatic rings. The second kappa shape index (κ2) is 3.25. The topological polar surface area (TPSA) is 12.0 Å². The molecular formula is C16H17N. The molecule has 17 heavy (non-hydrogen) atoms. The highest BCUT2D eigenvalue weighted by molar-refractivity contribution is 5.51. The molecule has 3 aliphatic carbocycles. The predicted molar refractivity (Wildman–Crippen MR) is 70.8 cm³/mol. The van der Waals surface area contributed by atoms with Gasteiger partial charge in [0.1, 0.15) is 0 Å². The second-order valence-electron chi connectivity index (χ2n) is 5.56. The number of para-hydroxylation sites is 1. The van der Waals surface area contributed by atoms with Crippen molar-refractivity contribution < 1.29 is 0 Å². The van der Waals surface area contributed by atoms with Gasteiger partial charge in [-0.25, -0.2) is 0 Å². The third-order valence-corrected chi connectivity index (χ3v) is 4.78. The first kappa shape index (κ1) is 9.52. The third-order valence-electron chi connectivity index (χ3n) is 4.78. The highest BCUT2D eigenvalue weighted by atomic mass is 15.0. The van der Waals surface area contributed by atoms with Crippen LogP contribution >= 0.6 is 0 Å². The lowest BCUT2D eigenvalue weighted by Crippen LogP contribution is -2.44. The van der Waals surface area contributed by atoms with Crippen LogP contribution < -0.4 is 5.32 Å². The molecule has 4 rings (SSSR count). The zero-order valence-electron chi connectivity index (χ0n) is 9.84. The van der Waals surface area contributed by atoms with Gasteiger partial charge in [-0.05, 0) is 36.8 Å². The Bertz CT molecular complexity index is 488. The molecular weight excluding hydrogens is 206 g/mol. The van der Waals surface area contributed by atoms with Gasteiger partial charge in [-0.3, -0.25) is 0 Å². The maximum absolute atomic E-state index is 3.81. The van der Waals surface area contributed by atoms with Crippen molar-refractivity contribution in [3.8, 4) is 0 Å². The van der Waals surface area contributed by atoms with Crippen LogP contribution in [-0.4, -0.2) is 5.54 Å². The number of hydrogen-bond donors (Lipinski definition) is 1. The Balaban J connectivity index is 1.72. The van der Waals surface area contributed by atoms with Crippen LogP contribution in [0.4, 0.5) is 5.69 Å². The van der Waals surface area contributed by atoms with Crippen LogP contribution in [0.2, 0.25) is 0 Å². The molecule has 86 valence electrons. The normalized spacial score (nSPS) is 40.8. The fourth-order valence-electron chi connectivity index (χ4n) is 4.03. The number of benzene rings is 1. The van der Waals surface area contributed by atoms with Crippen molar-refractivity contribution in [2.24, 2.45) is 17.8 Å². The lowest BCUT2D eigenvalue weighted by atomic mass is 9.78. The average molecular weight is 223 g/mol. The van der Waals surface area contributed by atoms with Crippen LogP contribution in [0.3, 0.4) is 0 Å². The number of fused-ring (bicyclic) bond motifs is 5. The van der Waals surface area contributed by atoms with E-state index >= 15 is 0 Å². The van der Waals surface area contributed by atoms with Gasteiger partial charge in [-0.2, -0.15) is 0 Å². The molecule has 0 aromatic heterocycles. The van der Waals surface area contributed by atoms with Crippen molar-refractivity contribution in [1.82, 2.24) is 0 Å². The highest BCUT2D eigenvalue weighted by Crippen LogP contribution is 2.56. The van der Waals surface area contributed by atoms with Gasteiger partial charge in [0.05, 0.1) is 5.54 Å². The molecule has 4 unspecified atom stereocenters. The van der Waals surface area contributed by atoms with Crippen LogP contribution in [0.25, 0.3) is 0 Å². The molecule has 0 amide bonds. The van der Waals surface area contributed by atoms with Crippen LogP contribution in [0.1, 0.15) is 12.8 Å². The van der Waals surface area contributed by atoms with Gasteiger partial charge in [0.2, 0.25) is 0 Å². The Kier molecular flexibility index (Phi) is 1.82. The maximum atomic E-state index is 3.81. The molecule has 1 aromatic rings. The van der Waals surface area contributed by atoms with Crippen LogP contribution in [-0.2, 0) is 0 Å². The fourth-order valence-corrected chi connectivity index (χ4v) is 4.03. The Morgan fingerprint density at radius 3 is 2.88 bits per heavy atom. The summed E-state index contributed by atoms with van der Waals surface area (Å²) < 4.78 is 0. The first-order valence-corrected chi connectivity index (χ1v) is 6.58. The first-order chi connectivity index (χ1) is 8.38. The number of nitrogens with one attached hydrogen (secondary N) is 1. The summed E-state index contributed by atoms with van der Waals surface area (Å²) in [6.07, 6.45) is 12.2. The molecule has 1 fully saturated rings. The van der Waals surface area contributed by atoms with Gasteiger partial charge in [-0.15, -0.1) is 0 Å². The summed E-state index contributed by atoms with van der Waals surface area (Å²) in [6, 6.07) is 10.6. The molecule has 0 heterocycles. The molecule has 1 N–H and O–H groups in total. The molecule has 1 heteroatoms. The van der Waals surface area contributed by atoms with Gasteiger partial charge in [0.15, 0.2) is 0 Å². The van der Waals surface area contributed by atoms with E-state index in [0.29, 0.717) is 5.92 Å². The van der Waals surface area contributed by atoms with Gasteiger partial charge in [0, 0.05) is 11.6 Å². The summed E-state index contributed by atoms with van der Waals surface area (Å²) in [5.41, 5.74) is 1.46. The van der Waals surface area contributed by atoms with Crippen molar-refractivity contribution in [2.45, 2.75) is 18.4 Å². The lowest BCUT2D eigenvalue weighted by molar-refractivity contribution is 0.362. The SMILES string of the molecule is C1=CC2(Nc3ccccc3)C3C=CC(C3)C2C1. The molecule has 0 aliphatic heterocycles. The molecule has 0 saturated heterocycles.